The highest BCUT2D eigenvalue weighted by atomic mass is 35.5. The summed E-state index contributed by atoms with van der Waals surface area (Å²) in [6.07, 6.45) is 2.03. The van der Waals surface area contributed by atoms with Gasteiger partial charge in [0, 0.05) is 18.0 Å². The third-order valence-electron chi connectivity index (χ3n) is 6.54. The number of imidazole rings is 1. The summed E-state index contributed by atoms with van der Waals surface area (Å²) in [6, 6.07) is 17.2. The van der Waals surface area contributed by atoms with E-state index in [0.717, 1.165) is 40.6 Å². The first-order chi connectivity index (χ1) is 15.8. The van der Waals surface area contributed by atoms with Crippen LogP contribution in [0.25, 0.3) is 22.2 Å². The predicted octanol–water partition coefficient (Wildman–Crippen LogP) is 5.72. The molecule has 168 valence electrons. The first-order valence-corrected chi connectivity index (χ1v) is 11.1. The summed E-state index contributed by atoms with van der Waals surface area (Å²) < 4.78 is 7.70. The van der Waals surface area contributed by atoms with E-state index in [1.54, 1.807) is 23.6 Å². The van der Waals surface area contributed by atoms with Crippen molar-refractivity contribution in [3.05, 3.63) is 76.3 Å². The number of fused-ring (bicyclic) bond motifs is 1. The molecule has 6 nitrogen and oxygen atoms in total. The fraction of sp³-hybridized carbons (Fsp3) is 0.231. The van der Waals surface area contributed by atoms with Crippen molar-refractivity contribution >= 4 is 28.6 Å². The van der Waals surface area contributed by atoms with Crippen LogP contribution in [0, 0.1) is 6.92 Å². The number of benzene rings is 3. The normalized spacial score (nSPS) is 14.4. The molecule has 7 heteroatoms. The van der Waals surface area contributed by atoms with Gasteiger partial charge in [0.1, 0.15) is 5.75 Å². The number of halogens is 1. The zero-order valence-electron chi connectivity index (χ0n) is 18.3. The summed E-state index contributed by atoms with van der Waals surface area (Å²) in [6.45, 7) is 1.91. The topological polar surface area (TPSA) is 84.6 Å². The molecule has 3 aromatic carbocycles. The lowest BCUT2D eigenvalue weighted by molar-refractivity contribution is 0.0695. The van der Waals surface area contributed by atoms with Crippen molar-refractivity contribution in [2.45, 2.75) is 25.2 Å². The molecule has 33 heavy (non-hydrogen) atoms. The maximum atomic E-state index is 11.4. The van der Waals surface area contributed by atoms with Crippen LogP contribution in [-0.2, 0) is 12.5 Å². The molecule has 1 aromatic heterocycles. The minimum atomic E-state index is -1.00. The molecule has 0 amide bonds. The average Bonchev–Trinajstić information content (AvgIpc) is 3.56. The van der Waals surface area contributed by atoms with Crippen molar-refractivity contribution in [3.8, 4) is 22.9 Å². The molecule has 1 aliphatic rings. The minimum Gasteiger partial charge on any atom is -0.478 e. The molecule has 1 heterocycles. The van der Waals surface area contributed by atoms with Gasteiger partial charge >= 0.3 is 12.0 Å². The van der Waals surface area contributed by atoms with E-state index in [4.69, 9.17) is 16.3 Å². The van der Waals surface area contributed by atoms with Gasteiger partial charge in [0.25, 0.3) is 0 Å². The number of aromatic nitrogens is 2. The number of aliphatic hydroxyl groups excluding tert-OH is 1. The summed E-state index contributed by atoms with van der Waals surface area (Å²) in [5.74, 6) is -0.604. The number of aromatic carboxylic acids is 1. The Morgan fingerprint density at radius 1 is 1.15 bits per heavy atom. The van der Waals surface area contributed by atoms with E-state index in [1.807, 2.05) is 31.3 Å². The smallest absolute Gasteiger partial charge is 0.336 e. The van der Waals surface area contributed by atoms with Gasteiger partial charge in [-0.05, 0) is 60.7 Å². The van der Waals surface area contributed by atoms with Crippen LogP contribution >= 0.6 is 11.6 Å². The number of carboxylic acid groups (broad SMARTS) is 1. The van der Waals surface area contributed by atoms with Gasteiger partial charge in [-0.25, -0.2) is 4.79 Å². The number of hydrogen-bond acceptors (Lipinski definition) is 4. The number of carboxylic acids is 1. The maximum absolute atomic E-state index is 11.4. The first-order valence-electron chi connectivity index (χ1n) is 10.7. The predicted molar refractivity (Wildman–Crippen MR) is 127 cm³/mol. The molecule has 0 saturated heterocycles. The maximum Gasteiger partial charge on any atom is 0.336 e. The fourth-order valence-electron chi connectivity index (χ4n) is 4.20. The highest BCUT2D eigenvalue weighted by Crippen LogP contribution is 2.48. The second-order valence-electron chi connectivity index (χ2n) is 8.67. The molecule has 1 saturated carbocycles. The third-order valence-corrected chi connectivity index (χ3v) is 6.85. The zero-order valence-corrected chi connectivity index (χ0v) is 19.1. The number of hydrogen-bond donors (Lipinski definition) is 2. The van der Waals surface area contributed by atoms with Crippen molar-refractivity contribution in [2.75, 3.05) is 6.61 Å². The summed E-state index contributed by atoms with van der Waals surface area (Å²) in [4.78, 5) is 16.1. The number of nitrogens with zero attached hydrogens (tertiary/aromatic N) is 2. The van der Waals surface area contributed by atoms with E-state index in [9.17, 15) is 15.0 Å². The van der Waals surface area contributed by atoms with E-state index in [-0.39, 0.29) is 17.6 Å². The van der Waals surface area contributed by atoms with Crippen LogP contribution in [0.5, 0.6) is 11.8 Å². The van der Waals surface area contributed by atoms with Gasteiger partial charge in [-0.3, -0.25) is 4.57 Å². The number of carbonyl (C=O) groups is 1. The van der Waals surface area contributed by atoms with Crippen molar-refractivity contribution in [1.82, 2.24) is 9.55 Å². The molecule has 1 fully saturated rings. The Balaban J connectivity index is 1.49. The van der Waals surface area contributed by atoms with Crippen LogP contribution in [0.4, 0.5) is 0 Å². The zero-order chi connectivity index (χ0) is 23.3. The van der Waals surface area contributed by atoms with Crippen molar-refractivity contribution < 1.29 is 19.7 Å². The molecule has 1 aliphatic carbocycles. The van der Waals surface area contributed by atoms with Crippen molar-refractivity contribution in [1.29, 1.82) is 0 Å². The Morgan fingerprint density at radius 3 is 2.52 bits per heavy atom. The van der Waals surface area contributed by atoms with E-state index >= 15 is 0 Å². The Labute approximate surface area is 196 Å². The first kappa shape index (κ1) is 21.5. The Bertz CT molecular complexity index is 1390. The average molecular weight is 463 g/mol. The van der Waals surface area contributed by atoms with E-state index in [0.29, 0.717) is 22.3 Å². The van der Waals surface area contributed by atoms with Gasteiger partial charge < -0.3 is 14.9 Å². The number of aliphatic hydroxyl groups is 1. The quantitative estimate of drug-likeness (QED) is 0.383. The van der Waals surface area contributed by atoms with E-state index in [1.165, 1.54) is 6.07 Å². The molecule has 0 bridgehead atoms. The number of ether oxygens (including phenoxy) is 1. The molecule has 0 atom stereocenters. The molecule has 0 unspecified atom stereocenters. The van der Waals surface area contributed by atoms with Crippen molar-refractivity contribution in [2.24, 2.45) is 7.05 Å². The molecular weight excluding hydrogens is 440 g/mol. The van der Waals surface area contributed by atoms with E-state index in [2.05, 4.69) is 17.1 Å². The van der Waals surface area contributed by atoms with Gasteiger partial charge in [0.05, 0.1) is 28.2 Å². The minimum absolute atomic E-state index is 0.0734. The lowest BCUT2D eigenvalue weighted by Gasteiger charge is -2.13. The number of rotatable bonds is 6. The SMILES string of the molecule is Cc1ccc(Oc2nc3cc(-c4ccc(C5(CO)CC5)cc4)c(Cl)cc3n2C)cc1C(=O)O. The van der Waals surface area contributed by atoms with Crippen LogP contribution in [0.1, 0.15) is 34.3 Å². The van der Waals surface area contributed by atoms with Gasteiger partial charge in [-0.1, -0.05) is 41.9 Å². The second kappa shape index (κ2) is 7.90. The van der Waals surface area contributed by atoms with Gasteiger partial charge in [-0.15, -0.1) is 0 Å². The molecular formula is C26H23ClN2O4. The molecule has 4 aromatic rings. The van der Waals surface area contributed by atoms with Gasteiger partial charge in [-0.2, -0.15) is 4.98 Å². The molecule has 0 spiro atoms. The summed E-state index contributed by atoms with van der Waals surface area (Å²) in [5, 5.41) is 19.6. The monoisotopic (exact) mass is 462 g/mol. The summed E-state index contributed by atoms with van der Waals surface area (Å²) in [7, 11) is 1.83. The molecule has 0 radical (unpaired) electrons. The van der Waals surface area contributed by atoms with Gasteiger partial charge in [0.2, 0.25) is 0 Å². The van der Waals surface area contributed by atoms with Crippen LogP contribution in [-0.4, -0.2) is 32.3 Å². The number of aryl methyl sites for hydroxylation is 2. The lowest BCUT2D eigenvalue weighted by Crippen LogP contribution is -2.11. The molecule has 0 aliphatic heterocycles. The van der Waals surface area contributed by atoms with E-state index < -0.39 is 5.97 Å². The largest absolute Gasteiger partial charge is 0.478 e. The highest BCUT2D eigenvalue weighted by molar-refractivity contribution is 6.34. The van der Waals surface area contributed by atoms with Crippen LogP contribution in [0.3, 0.4) is 0 Å². The van der Waals surface area contributed by atoms with Crippen LogP contribution in [0.15, 0.2) is 54.6 Å². The summed E-state index contributed by atoms with van der Waals surface area (Å²) >= 11 is 6.63. The second-order valence-corrected chi connectivity index (χ2v) is 9.08. The highest BCUT2D eigenvalue weighted by Gasteiger charge is 2.43. The Hall–Kier alpha value is -3.35. The van der Waals surface area contributed by atoms with Crippen molar-refractivity contribution in [3.63, 3.8) is 0 Å². The lowest BCUT2D eigenvalue weighted by atomic mass is 9.94. The molecule has 2 N–H and O–H groups in total. The summed E-state index contributed by atoms with van der Waals surface area (Å²) in [5.41, 5.74) is 5.28. The Morgan fingerprint density at radius 2 is 1.88 bits per heavy atom. The fourth-order valence-corrected chi connectivity index (χ4v) is 4.46. The Kier molecular flexibility index (Phi) is 5.15. The van der Waals surface area contributed by atoms with Crippen LogP contribution < -0.4 is 4.74 Å². The molecule has 5 rings (SSSR count). The van der Waals surface area contributed by atoms with Crippen LogP contribution in [0.2, 0.25) is 5.02 Å². The third kappa shape index (κ3) is 3.75. The standard InChI is InChI=1S/C26H23ClN2O4/c1-15-3-8-18(11-19(15)24(31)32)33-25-28-22-12-20(21(27)13-23(22)29(25)2)16-4-6-17(7-5-16)26(14-30)9-10-26/h3-8,11-13,30H,9-10,14H2,1-2H3,(H,31,32). The van der Waals surface area contributed by atoms with Gasteiger partial charge in [0.15, 0.2) is 0 Å².